The molecule has 0 aliphatic heterocycles. The van der Waals surface area contributed by atoms with E-state index in [0.717, 1.165) is 6.07 Å². The van der Waals surface area contributed by atoms with E-state index in [9.17, 15) is 14.4 Å². The van der Waals surface area contributed by atoms with Crippen LogP contribution in [0.25, 0.3) is 0 Å². The molecule has 0 atom stereocenters. The highest BCUT2D eigenvalue weighted by Crippen LogP contribution is 2.04. The van der Waals surface area contributed by atoms with E-state index in [2.05, 4.69) is 0 Å². The second-order valence-electron chi connectivity index (χ2n) is 3.86. The second-order valence-corrected chi connectivity index (χ2v) is 3.86. The van der Waals surface area contributed by atoms with E-state index in [-0.39, 0.29) is 11.1 Å². The first-order valence-electron chi connectivity index (χ1n) is 5.77. The van der Waals surface area contributed by atoms with Gasteiger partial charge in [0, 0.05) is 0 Å². The van der Waals surface area contributed by atoms with Crippen LogP contribution >= 0.6 is 0 Å². The van der Waals surface area contributed by atoms with Gasteiger partial charge >= 0.3 is 17.9 Å². The molecule has 0 amide bonds. The minimum atomic E-state index is -1.13. The fourth-order valence-electron chi connectivity index (χ4n) is 1.37. The fourth-order valence-corrected chi connectivity index (χ4v) is 1.37. The number of hydrogen-bond acceptors (Lipinski definition) is 3. The molecule has 0 bridgehead atoms. The molecule has 0 spiro atoms. The molecule has 6 heteroatoms. The maximum Gasteiger partial charge on any atom is 0.335 e. The zero-order chi connectivity index (χ0) is 15.8. The van der Waals surface area contributed by atoms with Crippen LogP contribution < -0.4 is 0 Å². The summed E-state index contributed by atoms with van der Waals surface area (Å²) in [4.78, 5) is 31.0. The van der Waals surface area contributed by atoms with Crippen molar-refractivity contribution in [2.24, 2.45) is 0 Å². The van der Waals surface area contributed by atoms with E-state index >= 15 is 0 Å². The largest absolute Gasteiger partial charge is 0.478 e. The maximum absolute atomic E-state index is 10.4. The Morgan fingerprint density at radius 2 is 0.952 bits per heavy atom. The van der Waals surface area contributed by atoms with E-state index in [1.165, 1.54) is 18.2 Å². The van der Waals surface area contributed by atoms with Crippen molar-refractivity contribution in [3.63, 3.8) is 0 Å². The first-order chi connectivity index (χ1) is 9.91. The van der Waals surface area contributed by atoms with E-state index < -0.39 is 17.9 Å². The Labute approximate surface area is 119 Å². The molecule has 108 valence electrons. The molecule has 2 rings (SSSR count). The minimum absolute atomic E-state index is 0.0186. The standard InChI is InChI=1S/C8H6O4.C7H6O2/c9-7(10)5-2-1-3-6(4-5)8(11)12;8-7(9)6-4-2-1-3-5-6/h1-4H,(H,9,10)(H,11,12);1-5H,(H,8,9). The normalized spacial score (nSPS) is 9.14. The number of benzene rings is 2. The first kappa shape index (κ1) is 15.9. The molecular formula is C15H12O6. The van der Waals surface area contributed by atoms with Crippen molar-refractivity contribution in [2.75, 3.05) is 0 Å². The van der Waals surface area contributed by atoms with Crippen LogP contribution in [0.2, 0.25) is 0 Å². The van der Waals surface area contributed by atoms with Crippen molar-refractivity contribution < 1.29 is 29.7 Å². The van der Waals surface area contributed by atoms with Crippen LogP contribution in [0.3, 0.4) is 0 Å². The molecule has 3 N–H and O–H groups in total. The van der Waals surface area contributed by atoms with Crippen LogP contribution in [-0.4, -0.2) is 33.2 Å². The van der Waals surface area contributed by atoms with Crippen LogP contribution in [0.1, 0.15) is 31.1 Å². The molecule has 0 saturated heterocycles. The number of rotatable bonds is 3. The monoisotopic (exact) mass is 288 g/mol. The van der Waals surface area contributed by atoms with E-state index in [1.54, 1.807) is 30.3 Å². The second kappa shape index (κ2) is 7.44. The smallest absolute Gasteiger partial charge is 0.335 e. The molecule has 0 radical (unpaired) electrons. The highest BCUT2D eigenvalue weighted by atomic mass is 16.4. The Morgan fingerprint density at radius 1 is 0.571 bits per heavy atom. The maximum atomic E-state index is 10.4. The summed E-state index contributed by atoms with van der Waals surface area (Å²) in [5, 5.41) is 25.4. The van der Waals surface area contributed by atoms with E-state index in [4.69, 9.17) is 15.3 Å². The Bertz CT molecular complexity index is 619. The molecule has 2 aromatic carbocycles. The molecule has 0 unspecified atom stereocenters. The molecule has 0 heterocycles. The van der Waals surface area contributed by atoms with Crippen LogP contribution in [-0.2, 0) is 0 Å². The molecule has 21 heavy (non-hydrogen) atoms. The lowest BCUT2D eigenvalue weighted by molar-refractivity contribution is 0.0682. The van der Waals surface area contributed by atoms with Gasteiger partial charge < -0.3 is 15.3 Å². The van der Waals surface area contributed by atoms with Gasteiger partial charge in [0.1, 0.15) is 0 Å². The summed E-state index contributed by atoms with van der Waals surface area (Å²) in [6.07, 6.45) is 0. The number of aromatic carboxylic acids is 3. The lowest BCUT2D eigenvalue weighted by Crippen LogP contribution is -2.01. The number of carboxylic acids is 3. The zero-order valence-corrected chi connectivity index (χ0v) is 10.8. The van der Waals surface area contributed by atoms with Gasteiger partial charge in [-0.25, -0.2) is 14.4 Å². The molecular weight excluding hydrogens is 276 g/mol. The van der Waals surface area contributed by atoms with Gasteiger partial charge in [-0.2, -0.15) is 0 Å². The number of carbonyl (C=O) groups is 3. The molecule has 2 aromatic rings. The highest BCUT2D eigenvalue weighted by Gasteiger charge is 2.06. The van der Waals surface area contributed by atoms with Crippen molar-refractivity contribution in [2.45, 2.75) is 0 Å². The molecule has 0 aromatic heterocycles. The Kier molecular flexibility index (Phi) is 5.64. The van der Waals surface area contributed by atoms with Crippen molar-refractivity contribution in [1.29, 1.82) is 0 Å². The van der Waals surface area contributed by atoms with Crippen molar-refractivity contribution in [3.8, 4) is 0 Å². The third kappa shape index (κ3) is 5.15. The molecule has 0 saturated carbocycles. The van der Waals surface area contributed by atoms with E-state index in [1.807, 2.05) is 0 Å². The first-order valence-corrected chi connectivity index (χ1v) is 5.77. The van der Waals surface area contributed by atoms with Crippen LogP contribution in [0, 0.1) is 0 Å². The summed E-state index contributed by atoms with van der Waals surface area (Å²) >= 11 is 0. The van der Waals surface area contributed by atoms with Gasteiger partial charge in [0.25, 0.3) is 0 Å². The number of hydrogen-bond donors (Lipinski definition) is 3. The minimum Gasteiger partial charge on any atom is -0.478 e. The predicted octanol–water partition coefficient (Wildman–Crippen LogP) is 2.47. The summed E-state index contributed by atoms with van der Waals surface area (Å²) in [6.45, 7) is 0. The third-order valence-corrected chi connectivity index (χ3v) is 2.38. The van der Waals surface area contributed by atoms with Crippen molar-refractivity contribution >= 4 is 17.9 Å². The summed E-state index contributed by atoms with van der Waals surface area (Å²) in [5.41, 5.74) is 0.294. The van der Waals surface area contributed by atoms with Gasteiger partial charge in [-0.15, -0.1) is 0 Å². The van der Waals surface area contributed by atoms with E-state index in [0.29, 0.717) is 5.56 Å². The SMILES string of the molecule is O=C(O)c1cccc(C(=O)O)c1.O=C(O)c1ccccc1. The topological polar surface area (TPSA) is 112 Å². The predicted molar refractivity (Wildman–Crippen MR) is 73.8 cm³/mol. The average molecular weight is 288 g/mol. The lowest BCUT2D eigenvalue weighted by Gasteiger charge is -1.95. The van der Waals surface area contributed by atoms with Crippen LogP contribution in [0.15, 0.2) is 54.6 Å². The van der Waals surface area contributed by atoms with Gasteiger partial charge in [0.2, 0.25) is 0 Å². The Morgan fingerprint density at radius 3 is 1.29 bits per heavy atom. The number of carboxylic acid groups (broad SMARTS) is 3. The molecule has 6 nitrogen and oxygen atoms in total. The fraction of sp³-hybridized carbons (Fsp3) is 0. The van der Waals surface area contributed by atoms with Crippen molar-refractivity contribution in [3.05, 3.63) is 71.3 Å². The summed E-state index contributed by atoms with van der Waals surface area (Å²) in [5.74, 6) is -3.13. The quantitative estimate of drug-likeness (QED) is 0.799. The molecule has 0 fully saturated rings. The molecule has 0 aliphatic carbocycles. The average Bonchev–Trinajstić information content (AvgIpc) is 2.49. The molecule has 0 aliphatic rings. The van der Waals surface area contributed by atoms with Crippen LogP contribution in [0.4, 0.5) is 0 Å². The summed E-state index contributed by atoms with van der Waals surface area (Å²) in [6, 6.07) is 13.5. The van der Waals surface area contributed by atoms with Gasteiger partial charge in [-0.1, -0.05) is 24.3 Å². The zero-order valence-electron chi connectivity index (χ0n) is 10.8. The van der Waals surface area contributed by atoms with Crippen LogP contribution in [0.5, 0.6) is 0 Å². The lowest BCUT2D eigenvalue weighted by atomic mass is 10.1. The third-order valence-electron chi connectivity index (χ3n) is 2.38. The Balaban J connectivity index is 0.000000219. The van der Waals surface area contributed by atoms with Gasteiger partial charge in [-0.3, -0.25) is 0 Å². The van der Waals surface area contributed by atoms with Gasteiger partial charge in [0.05, 0.1) is 16.7 Å². The summed E-state index contributed by atoms with van der Waals surface area (Å²) in [7, 11) is 0. The Hall–Kier alpha value is -3.15. The van der Waals surface area contributed by atoms with Gasteiger partial charge in [0.15, 0.2) is 0 Å². The van der Waals surface area contributed by atoms with Gasteiger partial charge in [-0.05, 0) is 30.3 Å². The highest BCUT2D eigenvalue weighted by molar-refractivity contribution is 5.93. The summed E-state index contributed by atoms with van der Waals surface area (Å²) < 4.78 is 0. The van der Waals surface area contributed by atoms with Crippen molar-refractivity contribution in [1.82, 2.24) is 0 Å².